The van der Waals surface area contributed by atoms with E-state index < -0.39 is 0 Å². The Hall–Kier alpha value is -1.38. The van der Waals surface area contributed by atoms with E-state index in [0.717, 1.165) is 37.8 Å². The zero-order valence-electron chi connectivity index (χ0n) is 10.6. The van der Waals surface area contributed by atoms with Gasteiger partial charge in [-0.2, -0.15) is 0 Å². The third-order valence-electron chi connectivity index (χ3n) is 3.66. The van der Waals surface area contributed by atoms with E-state index in [2.05, 4.69) is 17.1 Å². The van der Waals surface area contributed by atoms with Gasteiger partial charge >= 0.3 is 0 Å². The highest BCUT2D eigenvalue weighted by Crippen LogP contribution is 2.34. The summed E-state index contributed by atoms with van der Waals surface area (Å²) in [6, 6.07) is 4.25. The monoisotopic (exact) mass is 232 g/mol. The minimum atomic E-state index is 0.292. The average Bonchev–Trinajstić information content (AvgIpc) is 2.39. The summed E-state index contributed by atoms with van der Waals surface area (Å²) in [5.41, 5.74) is 1.32. The van der Waals surface area contributed by atoms with Gasteiger partial charge in [0.15, 0.2) is 0 Å². The third kappa shape index (κ3) is 2.84. The molecule has 92 valence electrons. The van der Waals surface area contributed by atoms with Crippen LogP contribution in [-0.4, -0.2) is 25.4 Å². The smallest absolute Gasteiger partial charge is 0.127 e. The first-order valence-corrected chi connectivity index (χ1v) is 6.29. The number of aldehydes is 1. The Labute approximate surface area is 103 Å². The maximum absolute atomic E-state index is 10.7. The number of carbonyl (C=O) groups is 1. The number of pyridine rings is 1. The molecule has 3 heteroatoms. The molecule has 1 aliphatic carbocycles. The van der Waals surface area contributed by atoms with Crippen molar-refractivity contribution in [2.24, 2.45) is 5.92 Å². The molecule has 0 N–H and O–H groups in total. The van der Waals surface area contributed by atoms with Crippen LogP contribution in [0.25, 0.3) is 0 Å². The minimum absolute atomic E-state index is 0.292. The van der Waals surface area contributed by atoms with E-state index >= 15 is 0 Å². The van der Waals surface area contributed by atoms with Crippen molar-refractivity contribution in [1.82, 2.24) is 4.98 Å². The van der Waals surface area contributed by atoms with Crippen LogP contribution in [0, 0.1) is 5.92 Å². The van der Waals surface area contributed by atoms with E-state index in [4.69, 9.17) is 0 Å². The van der Waals surface area contributed by atoms with Gasteiger partial charge in [-0.25, -0.2) is 4.98 Å². The molecule has 1 fully saturated rings. The van der Waals surface area contributed by atoms with Crippen LogP contribution in [-0.2, 0) is 4.79 Å². The Bertz CT molecular complexity index is 364. The molecule has 1 aromatic heterocycles. The molecule has 1 saturated carbocycles. The van der Waals surface area contributed by atoms with Crippen LogP contribution in [0.4, 0.5) is 5.82 Å². The minimum Gasteiger partial charge on any atom is -0.363 e. The molecule has 17 heavy (non-hydrogen) atoms. The van der Waals surface area contributed by atoms with E-state index in [9.17, 15) is 4.79 Å². The molecule has 0 atom stereocenters. The molecule has 0 amide bonds. The van der Waals surface area contributed by atoms with Crippen molar-refractivity contribution in [2.75, 3.05) is 19.0 Å². The summed E-state index contributed by atoms with van der Waals surface area (Å²) in [7, 11) is 3.99. The van der Waals surface area contributed by atoms with E-state index in [1.807, 2.05) is 25.2 Å². The lowest BCUT2D eigenvalue weighted by molar-refractivity contribution is -0.111. The number of aromatic nitrogens is 1. The zero-order chi connectivity index (χ0) is 12.3. The maximum Gasteiger partial charge on any atom is 0.127 e. The van der Waals surface area contributed by atoms with Crippen LogP contribution in [0.15, 0.2) is 18.3 Å². The predicted molar refractivity (Wildman–Crippen MR) is 69.3 cm³/mol. The number of hydrogen-bond acceptors (Lipinski definition) is 3. The lowest BCUT2D eigenvalue weighted by atomic mass is 9.80. The van der Waals surface area contributed by atoms with E-state index in [-0.39, 0.29) is 0 Å². The van der Waals surface area contributed by atoms with Gasteiger partial charge in [0.05, 0.1) is 0 Å². The Balaban J connectivity index is 2.01. The van der Waals surface area contributed by atoms with Gasteiger partial charge in [0.1, 0.15) is 12.1 Å². The van der Waals surface area contributed by atoms with E-state index in [0.29, 0.717) is 11.8 Å². The molecule has 0 aromatic carbocycles. The van der Waals surface area contributed by atoms with Crippen molar-refractivity contribution in [1.29, 1.82) is 0 Å². The summed E-state index contributed by atoms with van der Waals surface area (Å²) in [4.78, 5) is 17.2. The zero-order valence-corrected chi connectivity index (χ0v) is 10.6. The van der Waals surface area contributed by atoms with Gasteiger partial charge < -0.3 is 9.69 Å². The number of carbonyl (C=O) groups excluding carboxylic acids is 1. The largest absolute Gasteiger partial charge is 0.363 e. The second kappa shape index (κ2) is 5.30. The van der Waals surface area contributed by atoms with Gasteiger partial charge in [0.25, 0.3) is 0 Å². The van der Waals surface area contributed by atoms with E-state index in [1.165, 1.54) is 5.56 Å². The van der Waals surface area contributed by atoms with Crippen molar-refractivity contribution in [2.45, 2.75) is 31.6 Å². The summed E-state index contributed by atoms with van der Waals surface area (Å²) in [6.07, 6.45) is 7.40. The van der Waals surface area contributed by atoms with Gasteiger partial charge in [-0.15, -0.1) is 0 Å². The Morgan fingerprint density at radius 3 is 2.41 bits per heavy atom. The highest BCUT2D eigenvalue weighted by molar-refractivity contribution is 5.53. The number of nitrogens with zero attached hydrogens (tertiary/aromatic N) is 2. The molecule has 1 aliphatic rings. The Morgan fingerprint density at radius 1 is 1.24 bits per heavy atom. The molecular weight excluding hydrogens is 212 g/mol. The third-order valence-corrected chi connectivity index (χ3v) is 3.66. The molecule has 0 spiro atoms. The van der Waals surface area contributed by atoms with Crippen LogP contribution < -0.4 is 4.90 Å². The fourth-order valence-corrected chi connectivity index (χ4v) is 2.49. The maximum atomic E-state index is 10.7. The summed E-state index contributed by atoms with van der Waals surface area (Å²) in [6.45, 7) is 0. The topological polar surface area (TPSA) is 33.2 Å². The second-order valence-electron chi connectivity index (χ2n) is 5.09. The number of rotatable bonds is 3. The molecule has 0 radical (unpaired) electrons. The van der Waals surface area contributed by atoms with Crippen molar-refractivity contribution in [3.8, 4) is 0 Å². The quantitative estimate of drug-likeness (QED) is 0.751. The van der Waals surface area contributed by atoms with Crippen molar-refractivity contribution >= 4 is 12.1 Å². The SMILES string of the molecule is CN(C)c1ccc(C2CCC(C=O)CC2)cn1. The fraction of sp³-hybridized carbons (Fsp3) is 0.571. The average molecular weight is 232 g/mol. The van der Waals surface area contributed by atoms with Gasteiger partial charge in [0.2, 0.25) is 0 Å². The first-order chi connectivity index (χ1) is 8.20. The van der Waals surface area contributed by atoms with Crippen LogP contribution in [0.3, 0.4) is 0 Å². The lowest BCUT2D eigenvalue weighted by Crippen LogP contribution is -2.15. The summed E-state index contributed by atoms with van der Waals surface area (Å²) in [5.74, 6) is 1.88. The Morgan fingerprint density at radius 2 is 1.94 bits per heavy atom. The van der Waals surface area contributed by atoms with Crippen LogP contribution in [0.2, 0.25) is 0 Å². The molecule has 0 bridgehead atoms. The van der Waals surface area contributed by atoms with Crippen molar-refractivity contribution in [3.05, 3.63) is 23.9 Å². The molecule has 0 aliphatic heterocycles. The molecule has 3 nitrogen and oxygen atoms in total. The normalized spacial score (nSPS) is 24.4. The van der Waals surface area contributed by atoms with E-state index in [1.54, 1.807) is 0 Å². The lowest BCUT2D eigenvalue weighted by Gasteiger charge is -2.25. The van der Waals surface area contributed by atoms with Gasteiger partial charge in [-0.05, 0) is 43.2 Å². The Kier molecular flexibility index (Phi) is 3.77. The highest BCUT2D eigenvalue weighted by atomic mass is 16.1. The van der Waals surface area contributed by atoms with Crippen LogP contribution >= 0.6 is 0 Å². The van der Waals surface area contributed by atoms with Gasteiger partial charge in [-0.3, -0.25) is 0 Å². The van der Waals surface area contributed by atoms with Crippen LogP contribution in [0.5, 0.6) is 0 Å². The van der Waals surface area contributed by atoms with Crippen molar-refractivity contribution < 1.29 is 4.79 Å². The second-order valence-corrected chi connectivity index (χ2v) is 5.09. The first-order valence-electron chi connectivity index (χ1n) is 6.29. The first kappa shape index (κ1) is 12.1. The summed E-state index contributed by atoms with van der Waals surface area (Å²) in [5, 5.41) is 0. The van der Waals surface area contributed by atoms with Gasteiger partial charge in [0, 0.05) is 26.2 Å². The predicted octanol–water partition coefficient (Wildman–Crippen LogP) is 2.62. The van der Waals surface area contributed by atoms with Gasteiger partial charge in [-0.1, -0.05) is 6.07 Å². The molecule has 0 saturated heterocycles. The molecule has 0 unspecified atom stereocenters. The standard InChI is InChI=1S/C14H20N2O/c1-16(2)14-8-7-13(9-15-14)12-5-3-11(10-17)4-6-12/h7-12H,3-6H2,1-2H3. The summed E-state index contributed by atoms with van der Waals surface area (Å²) < 4.78 is 0. The highest BCUT2D eigenvalue weighted by Gasteiger charge is 2.22. The molecular formula is C14H20N2O. The summed E-state index contributed by atoms with van der Waals surface area (Å²) >= 11 is 0. The number of hydrogen-bond donors (Lipinski definition) is 0. The van der Waals surface area contributed by atoms with Crippen LogP contribution in [0.1, 0.15) is 37.2 Å². The van der Waals surface area contributed by atoms with Crippen molar-refractivity contribution in [3.63, 3.8) is 0 Å². The number of anilines is 1. The molecule has 2 rings (SSSR count). The molecule has 1 aromatic rings. The fourth-order valence-electron chi connectivity index (χ4n) is 2.49. The molecule has 1 heterocycles.